The number of ether oxygens (including phenoxy) is 2. The van der Waals surface area contributed by atoms with Crippen LogP contribution in [0.2, 0.25) is 0 Å². The predicted octanol–water partition coefficient (Wildman–Crippen LogP) is 5.78. The van der Waals surface area contributed by atoms with E-state index in [1.54, 1.807) is 0 Å². The number of carbonyl (C=O) groups excluding carboxylic acids is 1. The van der Waals surface area contributed by atoms with Crippen molar-refractivity contribution in [2.45, 2.75) is 52.2 Å². The third-order valence-corrected chi connectivity index (χ3v) is 8.46. The molecule has 0 saturated carbocycles. The Balaban J connectivity index is 1.30. The van der Waals surface area contributed by atoms with Crippen molar-refractivity contribution < 1.29 is 14.3 Å². The fourth-order valence-electron chi connectivity index (χ4n) is 5.79. The Bertz CT molecular complexity index is 1850. The molecule has 9 heteroatoms. The quantitative estimate of drug-likeness (QED) is 0.113. The summed E-state index contributed by atoms with van der Waals surface area (Å²) in [6.45, 7) is 4.67. The topological polar surface area (TPSA) is 132 Å². The number of fused-ring (bicyclic) bond motifs is 2. The molecule has 1 aromatic heterocycles. The number of amides is 1. The minimum atomic E-state index is -0.00400. The molecule has 46 heavy (non-hydrogen) atoms. The molecule has 5 aromatic rings. The molecule has 1 aliphatic heterocycles. The van der Waals surface area contributed by atoms with Crippen molar-refractivity contribution in [1.29, 1.82) is 5.41 Å². The second-order valence-corrected chi connectivity index (χ2v) is 11.7. The zero-order valence-corrected chi connectivity index (χ0v) is 26.2. The number of nitrogens with zero attached hydrogens (tertiary/aromatic N) is 3. The summed E-state index contributed by atoms with van der Waals surface area (Å²) in [4.78, 5) is 20.9. The third-order valence-electron chi connectivity index (χ3n) is 8.46. The lowest BCUT2D eigenvalue weighted by atomic mass is 10.1. The zero-order chi connectivity index (χ0) is 32.0. The lowest BCUT2D eigenvalue weighted by molar-refractivity contribution is 0.0741. The number of aryl methyl sites for hydroxylation is 2. The molecule has 0 bridgehead atoms. The van der Waals surface area contributed by atoms with Crippen LogP contribution in [-0.4, -0.2) is 39.5 Å². The molecule has 6 rings (SSSR count). The van der Waals surface area contributed by atoms with Crippen molar-refractivity contribution in [1.82, 2.24) is 14.5 Å². The number of amidine groups is 1. The van der Waals surface area contributed by atoms with Crippen LogP contribution in [-0.2, 0) is 32.5 Å². The number of nitrogens with two attached hydrogens (primary N) is 2. The molecule has 236 valence electrons. The van der Waals surface area contributed by atoms with Crippen molar-refractivity contribution in [2.24, 2.45) is 11.5 Å². The molecule has 0 aliphatic carbocycles. The van der Waals surface area contributed by atoms with Crippen molar-refractivity contribution in [2.75, 3.05) is 13.3 Å². The summed E-state index contributed by atoms with van der Waals surface area (Å²) in [5.41, 5.74) is 18.9. The first-order chi connectivity index (χ1) is 22.4. The molecule has 4 aromatic carbocycles. The van der Waals surface area contributed by atoms with Crippen LogP contribution in [0.4, 0.5) is 0 Å². The van der Waals surface area contributed by atoms with Crippen LogP contribution < -0.4 is 20.9 Å². The van der Waals surface area contributed by atoms with Gasteiger partial charge in [-0.1, -0.05) is 67.9 Å². The van der Waals surface area contributed by atoms with E-state index < -0.39 is 0 Å². The van der Waals surface area contributed by atoms with E-state index in [0.717, 1.165) is 69.9 Å². The number of rotatable bonds is 13. The summed E-state index contributed by atoms with van der Waals surface area (Å²) >= 11 is 0. The number of hydrogen-bond acceptors (Lipinski definition) is 6. The summed E-state index contributed by atoms with van der Waals surface area (Å²) in [5.74, 6) is 2.47. The molecule has 0 spiro atoms. The highest BCUT2D eigenvalue weighted by molar-refractivity contribution is 5.97. The van der Waals surface area contributed by atoms with Crippen molar-refractivity contribution in [3.05, 3.63) is 124 Å². The molecule has 1 aliphatic rings. The average Bonchev–Trinajstić information content (AvgIpc) is 3.69. The van der Waals surface area contributed by atoms with Gasteiger partial charge in [-0.15, -0.1) is 0 Å². The largest absolute Gasteiger partial charge is 0.454 e. The van der Waals surface area contributed by atoms with E-state index in [-0.39, 0.29) is 18.5 Å². The van der Waals surface area contributed by atoms with Crippen LogP contribution in [0.25, 0.3) is 11.0 Å². The molecular weight excluding hydrogens is 576 g/mol. The number of imidazole rings is 1. The van der Waals surface area contributed by atoms with Gasteiger partial charge in [0.2, 0.25) is 6.79 Å². The smallest absolute Gasteiger partial charge is 0.254 e. The minimum Gasteiger partial charge on any atom is -0.454 e. The number of nitrogen functional groups attached to an aromatic ring is 1. The highest BCUT2D eigenvalue weighted by atomic mass is 16.7. The summed E-state index contributed by atoms with van der Waals surface area (Å²) in [6, 6.07) is 27.8. The molecule has 2 heterocycles. The lowest BCUT2D eigenvalue weighted by Crippen LogP contribution is -2.31. The first kappa shape index (κ1) is 30.9. The maximum Gasteiger partial charge on any atom is 0.254 e. The van der Waals surface area contributed by atoms with Gasteiger partial charge in [0.1, 0.15) is 11.7 Å². The SMILES string of the molecule is CCCCN(Cc1ccc(CN)cc1)C(=O)c1ccc2c(c1)nc(CCc1ccc(C(=N)N)cc1)n2Cc1ccc2c(c1)OCO2. The van der Waals surface area contributed by atoms with E-state index in [2.05, 4.69) is 23.6 Å². The summed E-state index contributed by atoms with van der Waals surface area (Å²) in [6.07, 6.45) is 3.39. The van der Waals surface area contributed by atoms with Crippen LogP contribution in [0.1, 0.15) is 63.8 Å². The molecular formula is C37H40N6O3. The molecule has 0 atom stereocenters. The maximum atomic E-state index is 13.9. The molecule has 0 unspecified atom stereocenters. The van der Waals surface area contributed by atoms with Gasteiger partial charge in [0, 0.05) is 43.7 Å². The van der Waals surface area contributed by atoms with Gasteiger partial charge in [0.05, 0.1) is 11.0 Å². The molecule has 9 nitrogen and oxygen atoms in total. The van der Waals surface area contributed by atoms with Gasteiger partial charge in [-0.25, -0.2) is 4.98 Å². The first-order valence-corrected chi connectivity index (χ1v) is 15.8. The van der Waals surface area contributed by atoms with E-state index >= 15 is 0 Å². The Morgan fingerprint density at radius 1 is 0.870 bits per heavy atom. The highest BCUT2D eigenvalue weighted by Crippen LogP contribution is 2.33. The van der Waals surface area contributed by atoms with Gasteiger partial charge in [-0.2, -0.15) is 0 Å². The average molecular weight is 617 g/mol. The maximum absolute atomic E-state index is 13.9. The van der Waals surface area contributed by atoms with Gasteiger partial charge in [-0.3, -0.25) is 10.2 Å². The molecule has 0 saturated heterocycles. The molecule has 0 radical (unpaired) electrons. The third kappa shape index (κ3) is 6.89. The van der Waals surface area contributed by atoms with E-state index in [1.807, 2.05) is 77.7 Å². The summed E-state index contributed by atoms with van der Waals surface area (Å²) in [5, 5.41) is 7.68. The Labute approximate surface area is 269 Å². The van der Waals surface area contributed by atoms with E-state index in [9.17, 15) is 4.79 Å². The predicted molar refractivity (Wildman–Crippen MR) is 180 cm³/mol. The van der Waals surface area contributed by atoms with Crippen molar-refractivity contribution in [3.8, 4) is 11.5 Å². The fraction of sp³-hybridized carbons (Fsp3) is 0.270. The van der Waals surface area contributed by atoms with Gasteiger partial charge in [0.25, 0.3) is 5.91 Å². The minimum absolute atomic E-state index is 0.00400. The Hall–Kier alpha value is -5.15. The highest BCUT2D eigenvalue weighted by Gasteiger charge is 2.20. The van der Waals surface area contributed by atoms with Gasteiger partial charge in [-0.05, 0) is 65.4 Å². The first-order valence-electron chi connectivity index (χ1n) is 15.8. The van der Waals surface area contributed by atoms with Crippen molar-refractivity contribution in [3.63, 3.8) is 0 Å². The molecule has 1 amide bonds. The number of nitrogens with one attached hydrogen (secondary N) is 1. The number of benzene rings is 4. The second kappa shape index (κ2) is 13.9. The zero-order valence-electron chi connectivity index (χ0n) is 26.2. The summed E-state index contributed by atoms with van der Waals surface area (Å²) in [7, 11) is 0. The van der Waals surface area contributed by atoms with Crippen molar-refractivity contribution >= 4 is 22.8 Å². The number of carbonyl (C=O) groups is 1. The van der Waals surface area contributed by atoms with Crippen LogP contribution in [0.5, 0.6) is 11.5 Å². The Kier molecular flexibility index (Phi) is 9.30. The van der Waals surface area contributed by atoms with E-state index in [0.29, 0.717) is 43.7 Å². The number of unbranched alkanes of at least 4 members (excludes halogenated alkanes) is 1. The number of aromatic nitrogens is 2. The van der Waals surface area contributed by atoms with Crippen LogP contribution in [0, 0.1) is 5.41 Å². The van der Waals surface area contributed by atoms with Gasteiger partial charge >= 0.3 is 0 Å². The van der Waals surface area contributed by atoms with E-state index in [1.165, 1.54) is 0 Å². The van der Waals surface area contributed by atoms with Crippen LogP contribution in [0.3, 0.4) is 0 Å². The molecule has 0 fully saturated rings. The molecule has 5 N–H and O–H groups in total. The normalized spacial score (nSPS) is 12.0. The van der Waals surface area contributed by atoms with E-state index in [4.69, 9.17) is 31.3 Å². The van der Waals surface area contributed by atoms with Crippen LogP contribution in [0.15, 0.2) is 84.9 Å². The standard InChI is InChI=1S/C37H40N6O3/c1-2-3-18-42(22-27-6-4-26(21-38)5-7-27)37(44)30-14-15-32-31(20-30)41-35(17-11-25-8-12-29(13-9-25)36(39)40)43(32)23-28-10-16-33-34(19-28)46-24-45-33/h4-10,12-16,19-20H,2-3,11,17-18,21-24,38H2,1H3,(H3,39,40). The Morgan fingerprint density at radius 3 is 2.30 bits per heavy atom. The van der Waals surface area contributed by atoms with Crippen LogP contribution >= 0.6 is 0 Å². The number of hydrogen-bond donors (Lipinski definition) is 3. The Morgan fingerprint density at radius 2 is 1.57 bits per heavy atom. The lowest BCUT2D eigenvalue weighted by Gasteiger charge is -2.23. The summed E-state index contributed by atoms with van der Waals surface area (Å²) < 4.78 is 13.4. The van der Waals surface area contributed by atoms with Gasteiger partial charge < -0.3 is 30.4 Å². The fourth-order valence-corrected chi connectivity index (χ4v) is 5.79. The second-order valence-electron chi connectivity index (χ2n) is 11.7. The van der Waals surface area contributed by atoms with Gasteiger partial charge in [0.15, 0.2) is 11.5 Å². The monoisotopic (exact) mass is 616 g/mol.